The molecule has 100 valence electrons. The van der Waals surface area contributed by atoms with E-state index in [-0.39, 0.29) is 0 Å². The second-order valence-electron chi connectivity index (χ2n) is 4.90. The van der Waals surface area contributed by atoms with Crippen LogP contribution < -0.4 is 10.5 Å². The molecule has 1 saturated heterocycles. The lowest BCUT2D eigenvalue weighted by Crippen LogP contribution is -2.29. The van der Waals surface area contributed by atoms with Crippen molar-refractivity contribution in [3.63, 3.8) is 0 Å². The van der Waals surface area contributed by atoms with Crippen LogP contribution in [0.1, 0.15) is 31.4 Å². The van der Waals surface area contributed by atoms with Gasteiger partial charge in [0.05, 0.1) is 7.11 Å². The predicted octanol–water partition coefficient (Wildman–Crippen LogP) is 1.82. The molecule has 2 atom stereocenters. The topological polar surface area (TPSA) is 51.4 Å². The van der Waals surface area contributed by atoms with E-state index in [1.54, 1.807) is 7.11 Å². The monoisotopic (exact) mass is 249 g/mol. The lowest BCUT2D eigenvalue weighted by molar-refractivity contribution is 0.230. The zero-order valence-corrected chi connectivity index (χ0v) is 11.3. The molecule has 18 heavy (non-hydrogen) atoms. The van der Waals surface area contributed by atoms with Crippen molar-refractivity contribution in [3.05, 3.63) is 23.9 Å². The minimum atomic E-state index is 0.424. The third-order valence-corrected chi connectivity index (χ3v) is 3.75. The summed E-state index contributed by atoms with van der Waals surface area (Å²) >= 11 is 0. The van der Waals surface area contributed by atoms with Crippen LogP contribution in [0, 0.1) is 5.92 Å². The molecule has 2 heterocycles. The van der Waals surface area contributed by atoms with Crippen LogP contribution >= 0.6 is 0 Å². The summed E-state index contributed by atoms with van der Waals surface area (Å²) in [5, 5.41) is 0. The van der Waals surface area contributed by atoms with Gasteiger partial charge in [-0.15, -0.1) is 0 Å². The summed E-state index contributed by atoms with van der Waals surface area (Å²) in [6.45, 7) is 5.25. The third-order valence-electron chi connectivity index (χ3n) is 3.75. The number of methoxy groups -OCH3 is 1. The van der Waals surface area contributed by atoms with Gasteiger partial charge in [-0.2, -0.15) is 0 Å². The Bertz CT molecular complexity index is 366. The van der Waals surface area contributed by atoms with Crippen molar-refractivity contribution in [1.29, 1.82) is 0 Å². The maximum absolute atomic E-state index is 5.90. The Morgan fingerprint density at radius 2 is 2.33 bits per heavy atom. The zero-order chi connectivity index (χ0) is 13.0. The van der Waals surface area contributed by atoms with E-state index >= 15 is 0 Å². The van der Waals surface area contributed by atoms with Gasteiger partial charge in [0.1, 0.15) is 0 Å². The Kier molecular flexibility index (Phi) is 4.55. The third kappa shape index (κ3) is 2.65. The van der Waals surface area contributed by atoms with E-state index in [1.165, 1.54) is 18.4 Å². The molecule has 1 aliphatic heterocycles. The van der Waals surface area contributed by atoms with Gasteiger partial charge < -0.3 is 10.5 Å². The van der Waals surface area contributed by atoms with Crippen molar-refractivity contribution in [2.24, 2.45) is 11.7 Å². The van der Waals surface area contributed by atoms with E-state index in [9.17, 15) is 0 Å². The second kappa shape index (κ2) is 6.16. The minimum absolute atomic E-state index is 0.424. The maximum Gasteiger partial charge on any atom is 0.212 e. The van der Waals surface area contributed by atoms with Crippen LogP contribution in [0.4, 0.5) is 0 Å². The first-order chi connectivity index (χ1) is 8.80. The summed E-state index contributed by atoms with van der Waals surface area (Å²) < 4.78 is 5.11. The molecule has 1 aliphatic rings. The first kappa shape index (κ1) is 13.3. The van der Waals surface area contributed by atoms with Crippen molar-refractivity contribution in [3.8, 4) is 5.88 Å². The van der Waals surface area contributed by atoms with Gasteiger partial charge in [-0.05, 0) is 44.0 Å². The van der Waals surface area contributed by atoms with Gasteiger partial charge in [-0.3, -0.25) is 4.90 Å². The van der Waals surface area contributed by atoms with E-state index in [0.29, 0.717) is 17.8 Å². The quantitative estimate of drug-likeness (QED) is 0.865. The number of hydrogen-bond acceptors (Lipinski definition) is 4. The molecular formula is C14H23N3O. The molecule has 2 N–H and O–H groups in total. The molecule has 0 spiro atoms. The van der Waals surface area contributed by atoms with Crippen LogP contribution in [-0.2, 0) is 0 Å². The molecule has 4 nitrogen and oxygen atoms in total. The van der Waals surface area contributed by atoms with Crippen LogP contribution in [-0.4, -0.2) is 36.6 Å². The van der Waals surface area contributed by atoms with E-state index in [0.717, 1.165) is 19.6 Å². The molecule has 4 heteroatoms. The predicted molar refractivity (Wildman–Crippen MR) is 72.6 cm³/mol. The van der Waals surface area contributed by atoms with Crippen molar-refractivity contribution in [1.82, 2.24) is 9.88 Å². The average molecular weight is 249 g/mol. The Balaban J connectivity index is 2.19. The van der Waals surface area contributed by atoms with Gasteiger partial charge in [0.25, 0.3) is 0 Å². The highest BCUT2D eigenvalue weighted by atomic mass is 16.5. The number of likely N-dealkylation sites (tertiary alicyclic amines) is 1. The molecule has 0 saturated carbocycles. The molecule has 0 amide bonds. The van der Waals surface area contributed by atoms with Crippen LogP contribution in [0.3, 0.4) is 0 Å². The van der Waals surface area contributed by atoms with Crippen molar-refractivity contribution >= 4 is 0 Å². The smallest absolute Gasteiger partial charge is 0.212 e. The fourth-order valence-corrected chi connectivity index (χ4v) is 2.88. The highest BCUT2D eigenvalue weighted by molar-refractivity contribution is 5.22. The molecule has 0 bridgehead atoms. The Hall–Kier alpha value is -1.13. The maximum atomic E-state index is 5.90. The normalized spacial score (nSPS) is 24.4. The second-order valence-corrected chi connectivity index (χ2v) is 4.90. The largest absolute Gasteiger partial charge is 0.481 e. The van der Waals surface area contributed by atoms with Gasteiger partial charge in [0.2, 0.25) is 5.88 Å². The summed E-state index contributed by atoms with van der Waals surface area (Å²) in [4.78, 5) is 6.84. The fourth-order valence-electron chi connectivity index (χ4n) is 2.88. The number of rotatable bonds is 5. The molecular weight excluding hydrogens is 226 g/mol. The standard InChI is InChI=1S/C14H23N3O/c1-3-7-17-8-6-11(9-15)14(17)12-4-5-13(18-2)16-10-12/h4-5,10-11,14H,3,6-9,15H2,1-2H3. The summed E-state index contributed by atoms with van der Waals surface area (Å²) in [5.74, 6) is 1.22. The van der Waals surface area contributed by atoms with Crippen LogP contribution in [0.5, 0.6) is 5.88 Å². The fraction of sp³-hybridized carbons (Fsp3) is 0.643. The molecule has 2 rings (SSSR count). The van der Waals surface area contributed by atoms with E-state index in [1.807, 2.05) is 12.3 Å². The van der Waals surface area contributed by atoms with E-state index < -0.39 is 0 Å². The van der Waals surface area contributed by atoms with E-state index in [2.05, 4.69) is 22.9 Å². The highest BCUT2D eigenvalue weighted by Gasteiger charge is 2.33. The van der Waals surface area contributed by atoms with Crippen LogP contribution in [0.2, 0.25) is 0 Å². The van der Waals surface area contributed by atoms with Gasteiger partial charge in [0.15, 0.2) is 0 Å². The summed E-state index contributed by atoms with van der Waals surface area (Å²) in [6.07, 6.45) is 4.30. The van der Waals surface area contributed by atoms with Crippen LogP contribution in [0.25, 0.3) is 0 Å². The number of ether oxygens (including phenoxy) is 1. The lowest BCUT2D eigenvalue weighted by atomic mass is 9.95. The first-order valence-electron chi connectivity index (χ1n) is 6.74. The summed E-state index contributed by atoms with van der Waals surface area (Å²) in [7, 11) is 1.64. The number of nitrogens with zero attached hydrogens (tertiary/aromatic N) is 2. The van der Waals surface area contributed by atoms with Crippen molar-refractivity contribution < 1.29 is 4.74 Å². The molecule has 0 aromatic carbocycles. The molecule has 1 fully saturated rings. The molecule has 0 radical (unpaired) electrons. The van der Waals surface area contributed by atoms with Gasteiger partial charge >= 0.3 is 0 Å². The van der Waals surface area contributed by atoms with Crippen LogP contribution in [0.15, 0.2) is 18.3 Å². The number of hydrogen-bond donors (Lipinski definition) is 1. The minimum Gasteiger partial charge on any atom is -0.481 e. The number of aromatic nitrogens is 1. The zero-order valence-electron chi connectivity index (χ0n) is 11.3. The van der Waals surface area contributed by atoms with Crippen molar-refractivity contribution in [2.45, 2.75) is 25.8 Å². The van der Waals surface area contributed by atoms with Gasteiger partial charge in [-0.1, -0.05) is 13.0 Å². The molecule has 2 unspecified atom stereocenters. The first-order valence-corrected chi connectivity index (χ1v) is 6.74. The average Bonchev–Trinajstić information content (AvgIpc) is 2.82. The van der Waals surface area contributed by atoms with Gasteiger partial charge in [-0.25, -0.2) is 4.98 Å². The lowest BCUT2D eigenvalue weighted by Gasteiger charge is -2.27. The summed E-state index contributed by atoms with van der Waals surface area (Å²) in [6, 6.07) is 4.48. The van der Waals surface area contributed by atoms with Gasteiger partial charge in [0, 0.05) is 18.3 Å². The molecule has 0 aliphatic carbocycles. The molecule has 1 aromatic heterocycles. The van der Waals surface area contributed by atoms with E-state index in [4.69, 9.17) is 10.5 Å². The highest BCUT2D eigenvalue weighted by Crippen LogP contribution is 2.36. The number of nitrogens with two attached hydrogens (primary N) is 1. The number of pyridine rings is 1. The SMILES string of the molecule is CCCN1CCC(CN)C1c1ccc(OC)nc1. The summed E-state index contributed by atoms with van der Waals surface area (Å²) in [5.41, 5.74) is 7.17. The Labute approximate surface area is 109 Å². The Morgan fingerprint density at radius 3 is 2.89 bits per heavy atom. The Morgan fingerprint density at radius 1 is 1.50 bits per heavy atom. The molecule has 1 aromatic rings. The van der Waals surface area contributed by atoms with Crippen molar-refractivity contribution in [2.75, 3.05) is 26.7 Å².